The van der Waals surface area contributed by atoms with E-state index in [-0.39, 0.29) is 26.4 Å². The van der Waals surface area contributed by atoms with Crippen molar-refractivity contribution in [3.63, 3.8) is 0 Å². The van der Waals surface area contributed by atoms with Gasteiger partial charge >= 0.3 is 120 Å². The minimum absolute atomic E-state index is 0.0757. The van der Waals surface area contributed by atoms with Crippen LogP contribution >= 0.6 is 0 Å². The number of fused-ring (bicyclic) bond motifs is 1. The number of ether oxygens (including phenoxy) is 1. The zero-order valence-corrected chi connectivity index (χ0v) is 12.5. The van der Waals surface area contributed by atoms with Gasteiger partial charge < -0.3 is 0 Å². The van der Waals surface area contributed by atoms with E-state index in [0.717, 1.165) is 0 Å². The molecule has 0 radical (unpaired) electrons. The van der Waals surface area contributed by atoms with Crippen molar-refractivity contribution < 1.29 is 14.9 Å². The van der Waals surface area contributed by atoms with Gasteiger partial charge in [-0.2, -0.15) is 0 Å². The molecule has 4 N–H and O–H groups in total. The van der Waals surface area contributed by atoms with Gasteiger partial charge in [0, 0.05) is 0 Å². The molecule has 20 heavy (non-hydrogen) atoms. The fraction of sp³-hybridized carbons (Fsp3) is 0.545. The molecule has 3 heterocycles. The molecule has 0 bridgehead atoms. The summed E-state index contributed by atoms with van der Waals surface area (Å²) in [6, 6.07) is 0. The van der Waals surface area contributed by atoms with Crippen molar-refractivity contribution >= 4 is 31.9 Å². The van der Waals surface area contributed by atoms with Crippen molar-refractivity contribution in [2.24, 2.45) is 0 Å². The molecule has 0 spiro atoms. The van der Waals surface area contributed by atoms with Gasteiger partial charge in [-0.3, -0.25) is 0 Å². The zero-order valence-electron chi connectivity index (χ0n) is 10.7. The normalized spacial score (nSPS) is 30.1. The number of nitrogen functional groups attached to an aromatic ring is 1. The SMILES string of the molecule is C[Se][C@H]1[C@H](O)[C@@H](CO)O[C@H]1n1cnc2c(N)ncnc21. The molecule has 0 saturated carbocycles. The summed E-state index contributed by atoms with van der Waals surface area (Å²) in [5.74, 6) is 2.34. The molecule has 1 saturated heterocycles. The average molecular weight is 344 g/mol. The maximum absolute atomic E-state index is 10.2. The Hall–Kier alpha value is -1.25. The van der Waals surface area contributed by atoms with Crippen molar-refractivity contribution in [3.8, 4) is 0 Å². The van der Waals surface area contributed by atoms with E-state index in [1.807, 2.05) is 5.82 Å². The van der Waals surface area contributed by atoms with E-state index in [2.05, 4.69) is 15.0 Å². The molecular weight excluding hydrogens is 329 g/mol. The summed E-state index contributed by atoms with van der Waals surface area (Å²) in [7, 11) is 0. The van der Waals surface area contributed by atoms with Crippen LogP contribution in [0.15, 0.2) is 12.7 Å². The van der Waals surface area contributed by atoms with E-state index in [9.17, 15) is 10.2 Å². The summed E-state index contributed by atoms with van der Waals surface area (Å²) in [5, 5.41) is 19.5. The van der Waals surface area contributed by atoms with Crippen LogP contribution in [0.1, 0.15) is 6.23 Å². The summed E-state index contributed by atoms with van der Waals surface area (Å²) in [6.45, 7) is -0.214. The number of aliphatic hydroxyl groups excluding tert-OH is 2. The van der Waals surface area contributed by atoms with Crippen LogP contribution in [0.5, 0.6) is 0 Å². The number of hydrogen-bond acceptors (Lipinski definition) is 7. The number of imidazole rings is 1. The van der Waals surface area contributed by atoms with Gasteiger partial charge in [0.25, 0.3) is 0 Å². The first kappa shape index (κ1) is 13.7. The van der Waals surface area contributed by atoms with Gasteiger partial charge in [0.1, 0.15) is 0 Å². The Morgan fingerprint density at radius 3 is 2.95 bits per heavy atom. The predicted molar refractivity (Wildman–Crippen MR) is 72.1 cm³/mol. The molecular formula is C11H15N5O3Se. The summed E-state index contributed by atoms with van der Waals surface area (Å²) in [4.78, 5) is 12.2. The zero-order chi connectivity index (χ0) is 14.3. The van der Waals surface area contributed by atoms with Crippen LogP contribution in [-0.4, -0.2) is 63.5 Å². The van der Waals surface area contributed by atoms with Crippen molar-refractivity contribution in [1.29, 1.82) is 0 Å². The molecule has 3 rings (SSSR count). The van der Waals surface area contributed by atoms with E-state index >= 15 is 0 Å². The Bertz CT molecular complexity index is 621. The third-order valence-corrected chi connectivity index (χ3v) is 5.64. The summed E-state index contributed by atoms with van der Waals surface area (Å²) < 4.78 is 7.51. The van der Waals surface area contributed by atoms with Crippen molar-refractivity contribution in [2.75, 3.05) is 12.3 Å². The van der Waals surface area contributed by atoms with Gasteiger partial charge in [-0.25, -0.2) is 0 Å². The number of aromatic nitrogens is 4. The molecule has 1 fully saturated rings. The van der Waals surface area contributed by atoms with Crippen molar-refractivity contribution in [3.05, 3.63) is 12.7 Å². The Labute approximate surface area is 121 Å². The third kappa shape index (κ3) is 1.99. The Morgan fingerprint density at radius 2 is 2.25 bits per heavy atom. The van der Waals surface area contributed by atoms with E-state index in [1.165, 1.54) is 6.33 Å². The number of nitrogens with zero attached hydrogens (tertiary/aromatic N) is 4. The number of nitrogens with two attached hydrogens (primary N) is 1. The molecule has 108 valence electrons. The van der Waals surface area contributed by atoms with Crippen molar-refractivity contribution in [1.82, 2.24) is 19.5 Å². The molecule has 0 amide bonds. The van der Waals surface area contributed by atoms with Crippen LogP contribution in [-0.2, 0) is 4.74 Å². The molecule has 2 aromatic heterocycles. The molecule has 8 nitrogen and oxygen atoms in total. The van der Waals surface area contributed by atoms with E-state index < -0.39 is 18.4 Å². The molecule has 0 aliphatic carbocycles. The molecule has 2 aromatic rings. The predicted octanol–water partition coefficient (Wildman–Crippen LogP) is -0.800. The van der Waals surface area contributed by atoms with Crippen LogP contribution in [0.3, 0.4) is 0 Å². The van der Waals surface area contributed by atoms with E-state index in [0.29, 0.717) is 17.0 Å². The molecule has 1 aliphatic rings. The Morgan fingerprint density at radius 1 is 1.45 bits per heavy atom. The van der Waals surface area contributed by atoms with Gasteiger partial charge in [-0.15, -0.1) is 0 Å². The standard InChI is InChI=1S/C11H15N5O3Se/c1-20-8-7(18)5(2-17)19-11(8)16-4-15-6-9(12)13-3-14-10(6)16/h3-5,7-8,11,17-18H,2H2,1H3,(H2,12,13,14)/t5-,7-,8+,11-/m1/s1. The summed E-state index contributed by atoms with van der Waals surface area (Å²) in [6.07, 6.45) is 1.30. The number of hydrogen-bond donors (Lipinski definition) is 3. The maximum atomic E-state index is 10.2. The first-order chi connectivity index (χ1) is 9.67. The topological polar surface area (TPSA) is 119 Å². The third-order valence-electron chi connectivity index (χ3n) is 3.43. The van der Waals surface area contributed by atoms with E-state index in [4.69, 9.17) is 10.5 Å². The number of anilines is 1. The van der Waals surface area contributed by atoms with Crippen molar-refractivity contribution in [2.45, 2.75) is 29.1 Å². The molecule has 9 heteroatoms. The number of aliphatic hydroxyl groups is 2. The average Bonchev–Trinajstić information content (AvgIpc) is 3.00. The van der Waals surface area contributed by atoms with Gasteiger partial charge in [-0.05, 0) is 0 Å². The minimum atomic E-state index is -0.688. The fourth-order valence-corrected chi connectivity index (χ4v) is 4.26. The van der Waals surface area contributed by atoms with Gasteiger partial charge in [-0.1, -0.05) is 0 Å². The Balaban J connectivity index is 2.04. The molecule has 0 unspecified atom stereocenters. The quantitative estimate of drug-likeness (QED) is 0.624. The first-order valence-electron chi connectivity index (χ1n) is 6.07. The summed E-state index contributed by atoms with van der Waals surface area (Å²) >= 11 is 0.142. The fourth-order valence-electron chi connectivity index (χ4n) is 2.40. The van der Waals surface area contributed by atoms with Crippen LogP contribution in [0, 0.1) is 0 Å². The van der Waals surface area contributed by atoms with Gasteiger partial charge in [0.05, 0.1) is 0 Å². The van der Waals surface area contributed by atoms with Crippen LogP contribution in [0.4, 0.5) is 5.82 Å². The van der Waals surface area contributed by atoms with Crippen LogP contribution in [0.25, 0.3) is 11.2 Å². The number of rotatable bonds is 3. The van der Waals surface area contributed by atoms with Gasteiger partial charge in [0.15, 0.2) is 0 Å². The second kappa shape index (κ2) is 5.27. The Kier molecular flexibility index (Phi) is 3.61. The van der Waals surface area contributed by atoms with Crippen LogP contribution in [0.2, 0.25) is 10.6 Å². The van der Waals surface area contributed by atoms with Gasteiger partial charge in [0.2, 0.25) is 0 Å². The van der Waals surface area contributed by atoms with E-state index in [1.54, 1.807) is 10.9 Å². The second-order valence-corrected chi connectivity index (χ2v) is 6.65. The molecule has 4 atom stereocenters. The first-order valence-corrected chi connectivity index (χ1v) is 8.77. The van der Waals surface area contributed by atoms with Crippen LogP contribution < -0.4 is 5.73 Å². The monoisotopic (exact) mass is 345 g/mol. The molecule has 0 aromatic carbocycles. The second-order valence-electron chi connectivity index (χ2n) is 4.52. The summed E-state index contributed by atoms with van der Waals surface area (Å²) in [5.41, 5.74) is 6.85. The molecule has 1 aliphatic heterocycles.